The molecule has 0 bridgehead atoms. The normalized spacial score (nSPS) is 12.2. The van der Waals surface area contributed by atoms with Gasteiger partial charge in [0.1, 0.15) is 5.75 Å². The molecule has 1 atom stereocenters. The zero-order chi connectivity index (χ0) is 12.0. The average molecular weight is 217 g/mol. The summed E-state index contributed by atoms with van der Waals surface area (Å²) in [7, 11) is 1.65. The SMILES string of the molecule is CCC(CC)C(C#N)c1ccccc1OC. The molecule has 1 aromatic carbocycles. The van der Waals surface area contributed by atoms with Crippen LogP contribution in [0.3, 0.4) is 0 Å². The van der Waals surface area contributed by atoms with E-state index in [1.54, 1.807) is 7.11 Å². The molecule has 0 saturated carbocycles. The summed E-state index contributed by atoms with van der Waals surface area (Å²) in [6.07, 6.45) is 2.04. The van der Waals surface area contributed by atoms with Crippen LogP contribution in [0, 0.1) is 17.2 Å². The first kappa shape index (κ1) is 12.6. The third kappa shape index (κ3) is 2.55. The standard InChI is InChI=1S/C14H19NO/c1-4-11(5-2)13(10-15)12-8-6-7-9-14(12)16-3/h6-9,11,13H,4-5H2,1-3H3. The van der Waals surface area contributed by atoms with Crippen LogP contribution >= 0.6 is 0 Å². The van der Waals surface area contributed by atoms with Crippen LogP contribution in [0.1, 0.15) is 38.2 Å². The first-order chi connectivity index (χ1) is 7.78. The van der Waals surface area contributed by atoms with Crippen LogP contribution in [0.2, 0.25) is 0 Å². The van der Waals surface area contributed by atoms with Crippen molar-refractivity contribution in [1.82, 2.24) is 0 Å². The van der Waals surface area contributed by atoms with Gasteiger partial charge in [-0.15, -0.1) is 0 Å². The fourth-order valence-electron chi connectivity index (χ4n) is 2.11. The van der Waals surface area contributed by atoms with Crippen LogP contribution in [0.25, 0.3) is 0 Å². The minimum atomic E-state index is -0.0638. The van der Waals surface area contributed by atoms with E-state index in [-0.39, 0.29) is 5.92 Å². The summed E-state index contributed by atoms with van der Waals surface area (Å²) in [5.74, 6) is 1.16. The number of nitrogens with zero attached hydrogens (tertiary/aromatic N) is 1. The molecule has 0 heterocycles. The van der Waals surface area contributed by atoms with Gasteiger partial charge in [-0.1, -0.05) is 44.9 Å². The summed E-state index contributed by atoms with van der Waals surface area (Å²) in [5.41, 5.74) is 1.02. The molecule has 0 aliphatic rings. The van der Waals surface area contributed by atoms with Crippen LogP contribution in [0.15, 0.2) is 24.3 Å². The molecule has 0 saturated heterocycles. The topological polar surface area (TPSA) is 33.0 Å². The lowest BCUT2D eigenvalue weighted by molar-refractivity contribution is 0.392. The highest BCUT2D eigenvalue weighted by molar-refractivity contribution is 5.39. The Bertz CT molecular complexity index is 363. The van der Waals surface area contributed by atoms with Crippen molar-refractivity contribution < 1.29 is 4.74 Å². The zero-order valence-corrected chi connectivity index (χ0v) is 10.2. The number of nitriles is 1. The van der Waals surface area contributed by atoms with Crippen molar-refractivity contribution >= 4 is 0 Å². The van der Waals surface area contributed by atoms with Crippen molar-refractivity contribution in [2.24, 2.45) is 5.92 Å². The Labute approximate surface area is 97.9 Å². The predicted molar refractivity (Wildman–Crippen MR) is 65.4 cm³/mol. The monoisotopic (exact) mass is 217 g/mol. The number of hydrogen-bond donors (Lipinski definition) is 0. The Kier molecular flexibility index (Phi) is 4.85. The Morgan fingerprint density at radius 1 is 1.25 bits per heavy atom. The summed E-state index contributed by atoms with van der Waals surface area (Å²) >= 11 is 0. The van der Waals surface area contributed by atoms with Crippen molar-refractivity contribution in [2.75, 3.05) is 7.11 Å². The molecule has 1 unspecified atom stereocenters. The molecule has 86 valence electrons. The maximum atomic E-state index is 9.33. The van der Waals surface area contributed by atoms with Gasteiger partial charge in [-0.25, -0.2) is 0 Å². The Balaban J connectivity index is 3.08. The van der Waals surface area contributed by atoms with Gasteiger partial charge in [0, 0.05) is 5.56 Å². The number of ether oxygens (including phenoxy) is 1. The van der Waals surface area contributed by atoms with Crippen molar-refractivity contribution in [3.05, 3.63) is 29.8 Å². The van der Waals surface area contributed by atoms with E-state index < -0.39 is 0 Å². The zero-order valence-electron chi connectivity index (χ0n) is 10.2. The Morgan fingerprint density at radius 2 is 1.88 bits per heavy atom. The molecule has 2 heteroatoms. The Morgan fingerprint density at radius 3 is 2.38 bits per heavy atom. The van der Waals surface area contributed by atoms with Crippen LogP contribution in [-0.2, 0) is 0 Å². The first-order valence-electron chi connectivity index (χ1n) is 5.80. The molecule has 0 fully saturated rings. The highest BCUT2D eigenvalue weighted by Crippen LogP contribution is 2.34. The van der Waals surface area contributed by atoms with Gasteiger partial charge < -0.3 is 4.74 Å². The van der Waals surface area contributed by atoms with Crippen LogP contribution in [-0.4, -0.2) is 7.11 Å². The molecule has 16 heavy (non-hydrogen) atoms. The van der Waals surface area contributed by atoms with E-state index in [0.717, 1.165) is 24.2 Å². The van der Waals surface area contributed by atoms with E-state index >= 15 is 0 Å². The van der Waals surface area contributed by atoms with Gasteiger partial charge >= 0.3 is 0 Å². The molecule has 1 aromatic rings. The first-order valence-corrected chi connectivity index (χ1v) is 5.80. The number of rotatable bonds is 5. The molecule has 0 amide bonds. The van der Waals surface area contributed by atoms with Gasteiger partial charge in [0.05, 0.1) is 19.1 Å². The largest absolute Gasteiger partial charge is 0.496 e. The molecule has 0 radical (unpaired) electrons. The molecular formula is C14H19NO. The van der Waals surface area contributed by atoms with E-state index in [9.17, 15) is 5.26 Å². The van der Waals surface area contributed by atoms with Gasteiger partial charge in [-0.2, -0.15) is 5.26 Å². The van der Waals surface area contributed by atoms with E-state index in [4.69, 9.17) is 4.74 Å². The maximum absolute atomic E-state index is 9.33. The summed E-state index contributed by atoms with van der Waals surface area (Å²) in [4.78, 5) is 0. The van der Waals surface area contributed by atoms with Gasteiger partial charge in [-0.05, 0) is 12.0 Å². The summed E-state index contributed by atoms with van der Waals surface area (Å²) in [6, 6.07) is 10.2. The van der Waals surface area contributed by atoms with E-state index in [0.29, 0.717) is 5.92 Å². The number of methoxy groups -OCH3 is 1. The van der Waals surface area contributed by atoms with E-state index in [1.807, 2.05) is 24.3 Å². The van der Waals surface area contributed by atoms with Gasteiger partial charge in [0.2, 0.25) is 0 Å². The molecule has 0 aromatic heterocycles. The highest BCUT2D eigenvalue weighted by Gasteiger charge is 2.22. The molecule has 0 aliphatic heterocycles. The third-order valence-electron chi connectivity index (χ3n) is 3.13. The van der Waals surface area contributed by atoms with Crippen molar-refractivity contribution in [3.63, 3.8) is 0 Å². The molecule has 0 aliphatic carbocycles. The lowest BCUT2D eigenvalue weighted by Crippen LogP contribution is -2.10. The predicted octanol–water partition coefficient (Wildman–Crippen LogP) is 3.74. The summed E-state index contributed by atoms with van der Waals surface area (Å²) in [6.45, 7) is 4.27. The smallest absolute Gasteiger partial charge is 0.123 e. The van der Waals surface area contributed by atoms with Crippen molar-refractivity contribution in [3.8, 4) is 11.8 Å². The average Bonchev–Trinajstić information content (AvgIpc) is 2.35. The Hall–Kier alpha value is -1.49. The van der Waals surface area contributed by atoms with Crippen molar-refractivity contribution in [2.45, 2.75) is 32.6 Å². The molecule has 2 nitrogen and oxygen atoms in total. The van der Waals surface area contributed by atoms with Crippen LogP contribution in [0.4, 0.5) is 0 Å². The number of hydrogen-bond acceptors (Lipinski definition) is 2. The highest BCUT2D eigenvalue weighted by atomic mass is 16.5. The van der Waals surface area contributed by atoms with Gasteiger partial charge in [0.25, 0.3) is 0 Å². The van der Waals surface area contributed by atoms with E-state index in [1.165, 1.54) is 0 Å². The minimum absolute atomic E-state index is 0.0638. The molecule has 0 spiro atoms. The summed E-state index contributed by atoms with van der Waals surface area (Å²) < 4.78 is 5.32. The third-order valence-corrected chi connectivity index (χ3v) is 3.13. The quantitative estimate of drug-likeness (QED) is 0.752. The van der Waals surface area contributed by atoms with Crippen LogP contribution < -0.4 is 4.74 Å². The fraction of sp³-hybridized carbons (Fsp3) is 0.500. The second-order valence-corrected chi connectivity index (χ2v) is 3.93. The molecule has 1 rings (SSSR count). The summed E-state index contributed by atoms with van der Waals surface area (Å²) in [5, 5.41) is 9.33. The number of benzene rings is 1. The van der Waals surface area contributed by atoms with E-state index in [2.05, 4.69) is 19.9 Å². The second kappa shape index (κ2) is 6.17. The number of para-hydroxylation sites is 1. The minimum Gasteiger partial charge on any atom is -0.496 e. The fourth-order valence-corrected chi connectivity index (χ4v) is 2.11. The van der Waals surface area contributed by atoms with Gasteiger partial charge in [0.15, 0.2) is 0 Å². The lowest BCUT2D eigenvalue weighted by atomic mass is 9.83. The van der Waals surface area contributed by atoms with Crippen molar-refractivity contribution in [1.29, 1.82) is 5.26 Å². The second-order valence-electron chi connectivity index (χ2n) is 3.93. The lowest BCUT2D eigenvalue weighted by Gasteiger charge is -2.20. The molecular weight excluding hydrogens is 198 g/mol. The molecule has 0 N–H and O–H groups in total. The maximum Gasteiger partial charge on any atom is 0.123 e. The van der Waals surface area contributed by atoms with Crippen LogP contribution in [0.5, 0.6) is 5.75 Å². The van der Waals surface area contributed by atoms with Gasteiger partial charge in [-0.3, -0.25) is 0 Å².